The first-order valence-electron chi connectivity index (χ1n) is 15.4. The van der Waals surface area contributed by atoms with Gasteiger partial charge in [-0.3, -0.25) is 14.2 Å². The summed E-state index contributed by atoms with van der Waals surface area (Å²) in [6.45, 7) is 11.6. The number of carbonyl (C=O) groups is 4. The highest BCUT2D eigenvalue weighted by atomic mass is 16.7. The number of aromatic nitrogens is 2. The Morgan fingerprint density at radius 3 is 2.02 bits per heavy atom. The molecule has 0 radical (unpaired) electrons. The molecule has 1 saturated heterocycles. The van der Waals surface area contributed by atoms with E-state index in [9.17, 15) is 24.0 Å². The molecule has 2 atom stereocenters. The van der Waals surface area contributed by atoms with Crippen LogP contribution in [-0.2, 0) is 33.3 Å². The predicted molar refractivity (Wildman–Crippen MR) is 163 cm³/mol. The molecule has 15 nitrogen and oxygen atoms in total. The molecule has 0 bridgehead atoms. The Hall–Kier alpha value is -3.72. The van der Waals surface area contributed by atoms with Crippen molar-refractivity contribution in [3.05, 3.63) is 22.7 Å². The van der Waals surface area contributed by atoms with E-state index < -0.39 is 47.6 Å². The minimum atomic E-state index is -0.831. The van der Waals surface area contributed by atoms with Gasteiger partial charge in [0.15, 0.2) is 12.5 Å². The highest BCUT2D eigenvalue weighted by molar-refractivity contribution is 5.89. The maximum atomic E-state index is 12.6. The molecule has 1 aliphatic heterocycles. The monoisotopic (exact) mass is 639 g/mol. The zero-order chi connectivity index (χ0) is 33.5. The van der Waals surface area contributed by atoms with Crippen LogP contribution < -0.4 is 21.6 Å². The van der Waals surface area contributed by atoms with Crippen LogP contribution in [0.2, 0.25) is 0 Å². The lowest BCUT2D eigenvalue weighted by Crippen LogP contribution is -2.33. The minimum absolute atomic E-state index is 0.0585. The van der Waals surface area contributed by atoms with Crippen molar-refractivity contribution in [1.29, 1.82) is 0 Å². The summed E-state index contributed by atoms with van der Waals surface area (Å²) in [5.74, 6) is -0.556. The smallest absolute Gasteiger partial charge is 0.407 e. The number of unbranched alkanes of at least 4 members (excludes halogenated alkanes) is 4. The van der Waals surface area contributed by atoms with Gasteiger partial charge in [-0.05, 0) is 73.3 Å². The molecule has 0 aromatic carbocycles. The van der Waals surface area contributed by atoms with E-state index in [2.05, 4.69) is 20.9 Å². The van der Waals surface area contributed by atoms with E-state index in [4.69, 9.17) is 23.7 Å². The van der Waals surface area contributed by atoms with Crippen LogP contribution >= 0.6 is 0 Å². The highest BCUT2D eigenvalue weighted by Crippen LogP contribution is 2.20. The van der Waals surface area contributed by atoms with Crippen molar-refractivity contribution >= 4 is 29.9 Å². The Bertz CT molecular complexity index is 1170. The molecular formula is C30H49N5O10. The molecule has 0 unspecified atom stereocenters. The van der Waals surface area contributed by atoms with E-state index in [1.165, 1.54) is 16.8 Å². The first-order chi connectivity index (χ1) is 21.1. The van der Waals surface area contributed by atoms with Crippen LogP contribution in [0.15, 0.2) is 17.1 Å². The van der Waals surface area contributed by atoms with Gasteiger partial charge in [-0.2, -0.15) is 4.98 Å². The van der Waals surface area contributed by atoms with Gasteiger partial charge in [0.05, 0.1) is 6.61 Å². The van der Waals surface area contributed by atoms with Crippen LogP contribution in [0.4, 0.5) is 15.4 Å². The summed E-state index contributed by atoms with van der Waals surface area (Å²) in [6, 6.07) is 1.49. The molecule has 45 heavy (non-hydrogen) atoms. The fourth-order valence-electron chi connectivity index (χ4n) is 3.98. The highest BCUT2D eigenvalue weighted by Gasteiger charge is 2.29. The molecule has 0 spiro atoms. The summed E-state index contributed by atoms with van der Waals surface area (Å²) in [4.78, 5) is 64.0. The molecule has 1 fully saturated rings. The summed E-state index contributed by atoms with van der Waals surface area (Å²) in [5, 5.41) is 7.96. The van der Waals surface area contributed by atoms with E-state index in [-0.39, 0.29) is 37.8 Å². The zero-order valence-electron chi connectivity index (χ0n) is 27.3. The van der Waals surface area contributed by atoms with Crippen LogP contribution in [-0.4, -0.2) is 77.4 Å². The molecule has 2 rings (SSSR count). The maximum absolute atomic E-state index is 12.6. The molecule has 0 saturated carbocycles. The molecule has 15 heteroatoms. The zero-order valence-corrected chi connectivity index (χ0v) is 27.3. The number of hydrogen-bond acceptors (Lipinski definition) is 11. The number of ether oxygens (including phenoxy) is 5. The number of hydrogen-bond donors (Lipinski definition) is 3. The summed E-state index contributed by atoms with van der Waals surface area (Å²) >= 11 is 0. The van der Waals surface area contributed by atoms with Gasteiger partial charge >= 0.3 is 23.8 Å². The molecule has 3 amide bonds. The van der Waals surface area contributed by atoms with E-state index in [0.29, 0.717) is 38.8 Å². The van der Waals surface area contributed by atoms with Crippen LogP contribution in [0.1, 0.15) is 99.1 Å². The molecule has 1 aliphatic rings. The van der Waals surface area contributed by atoms with Crippen molar-refractivity contribution in [2.24, 2.45) is 0 Å². The number of rotatable bonds is 16. The Kier molecular flexibility index (Phi) is 15.2. The van der Waals surface area contributed by atoms with E-state index in [1.807, 2.05) is 0 Å². The number of esters is 1. The quantitative estimate of drug-likeness (QED) is 0.136. The third-order valence-corrected chi connectivity index (χ3v) is 6.00. The number of nitrogens with one attached hydrogen (secondary N) is 3. The summed E-state index contributed by atoms with van der Waals surface area (Å²) in [5.41, 5.74) is -1.74. The normalized spacial score (nSPS) is 16.5. The fourth-order valence-corrected chi connectivity index (χ4v) is 3.98. The number of alkyl carbamates (subject to hydrolysis) is 2. The van der Waals surface area contributed by atoms with E-state index in [0.717, 1.165) is 12.8 Å². The maximum Gasteiger partial charge on any atom is 0.407 e. The number of amides is 3. The van der Waals surface area contributed by atoms with Crippen molar-refractivity contribution in [2.75, 3.05) is 31.6 Å². The Morgan fingerprint density at radius 2 is 1.47 bits per heavy atom. The molecule has 3 N–H and O–H groups in total. The van der Waals surface area contributed by atoms with Gasteiger partial charge in [0.1, 0.15) is 23.6 Å². The largest absolute Gasteiger partial charge is 0.460 e. The Morgan fingerprint density at radius 1 is 0.889 bits per heavy atom. The van der Waals surface area contributed by atoms with Crippen molar-refractivity contribution in [2.45, 2.75) is 117 Å². The lowest BCUT2D eigenvalue weighted by molar-refractivity contribution is -0.159. The standard InChI is InChI=1S/C30H49N5O10/c1-29(2,3)44-27(39)31-16-11-7-9-13-22(36)33-21-15-18-35(26(38)34-21)23-19-42-25(43-23)20-41-24(37)14-10-8-12-17-32-28(40)45-30(4,5)6/h15,18,23,25H,7-14,16-17,19-20H2,1-6H3,(H,31,39)(H,32,40)(H,33,34,36,38)/t23-,25-/m0/s1. The fraction of sp³-hybridized carbons (Fsp3) is 0.733. The average molecular weight is 640 g/mol. The van der Waals surface area contributed by atoms with E-state index >= 15 is 0 Å². The van der Waals surface area contributed by atoms with Crippen LogP contribution in [0.5, 0.6) is 0 Å². The lowest BCUT2D eigenvalue weighted by atomic mass is 10.2. The van der Waals surface area contributed by atoms with Crippen LogP contribution in [0, 0.1) is 0 Å². The molecule has 254 valence electrons. The Balaban J connectivity index is 1.60. The molecule has 0 aliphatic carbocycles. The second-order valence-electron chi connectivity index (χ2n) is 12.6. The summed E-state index contributed by atoms with van der Waals surface area (Å²) in [7, 11) is 0. The van der Waals surface area contributed by atoms with Crippen molar-refractivity contribution in [1.82, 2.24) is 20.2 Å². The van der Waals surface area contributed by atoms with Gasteiger partial charge in [-0.15, -0.1) is 0 Å². The number of nitrogens with zero attached hydrogens (tertiary/aromatic N) is 2. The first kappa shape index (κ1) is 37.5. The van der Waals surface area contributed by atoms with Gasteiger partial charge < -0.3 is 39.6 Å². The predicted octanol–water partition coefficient (Wildman–Crippen LogP) is 3.77. The second kappa shape index (κ2) is 18.3. The topological polar surface area (TPSA) is 185 Å². The van der Waals surface area contributed by atoms with Crippen molar-refractivity contribution in [3.63, 3.8) is 0 Å². The van der Waals surface area contributed by atoms with Crippen LogP contribution in [0.25, 0.3) is 0 Å². The number of carbonyl (C=O) groups excluding carboxylic acids is 4. The first-order valence-corrected chi connectivity index (χ1v) is 15.4. The minimum Gasteiger partial charge on any atom is -0.460 e. The molecule has 1 aromatic heterocycles. The lowest BCUT2D eigenvalue weighted by Gasteiger charge is -2.19. The van der Waals surface area contributed by atoms with Crippen molar-refractivity contribution < 1.29 is 42.9 Å². The van der Waals surface area contributed by atoms with Crippen LogP contribution in [0.3, 0.4) is 0 Å². The summed E-state index contributed by atoms with van der Waals surface area (Å²) in [6.07, 6.45) is 3.42. The van der Waals surface area contributed by atoms with Gasteiger partial charge in [-0.25, -0.2) is 14.4 Å². The SMILES string of the molecule is CC(C)(C)OC(=O)NCCCCCC(=O)Nc1ccn([C@@H]2CO[C@H](COC(=O)CCCCCNC(=O)OC(C)(C)C)O2)c(=O)n1. The average Bonchev–Trinajstić information content (AvgIpc) is 3.38. The third kappa shape index (κ3) is 16.8. The van der Waals surface area contributed by atoms with Gasteiger partial charge in [-0.1, -0.05) is 12.8 Å². The molecule has 2 heterocycles. The molecule has 1 aromatic rings. The van der Waals surface area contributed by atoms with E-state index in [1.54, 1.807) is 41.5 Å². The Labute approximate surface area is 264 Å². The molecular weight excluding hydrogens is 590 g/mol. The van der Waals surface area contributed by atoms with Gasteiger partial charge in [0.25, 0.3) is 0 Å². The van der Waals surface area contributed by atoms with Gasteiger partial charge in [0.2, 0.25) is 5.91 Å². The van der Waals surface area contributed by atoms with Crippen molar-refractivity contribution in [3.8, 4) is 0 Å². The third-order valence-electron chi connectivity index (χ3n) is 6.00. The second-order valence-corrected chi connectivity index (χ2v) is 12.6. The summed E-state index contributed by atoms with van der Waals surface area (Å²) < 4.78 is 28.0. The van der Waals surface area contributed by atoms with Gasteiger partial charge in [0, 0.05) is 32.1 Å². The number of anilines is 1.